The molecule has 3 rings (SSSR count). The Morgan fingerprint density at radius 3 is 2.76 bits per heavy atom. The zero-order chi connectivity index (χ0) is 15.0. The van der Waals surface area contributed by atoms with Crippen molar-refractivity contribution in [2.75, 3.05) is 19.6 Å². The van der Waals surface area contributed by atoms with Crippen LogP contribution in [0.3, 0.4) is 0 Å². The summed E-state index contributed by atoms with van der Waals surface area (Å²) in [6, 6.07) is 5.60. The third kappa shape index (κ3) is 2.87. The van der Waals surface area contributed by atoms with E-state index in [4.69, 9.17) is 5.14 Å². The molecule has 1 fully saturated rings. The topological polar surface area (TPSA) is 63.4 Å². The molecule has 4 nitrogen and oxygen atoms in total. The number of hydrogen-bond donors (Lipinski definition) is 1. The number of nitrogens with two attached hydrogens (primary N) is 1. The number of primary sulfonamides is 1. The van der Waals surface area contributed by atoms with Crippen molar-refractivity contribution in [2.24, 2.45) is 11.1 Å². The molecular weight excluding hydrogens is 284 g/mol. The molecule has 0 amide bonds. The van der Waals surface area contributed by atoms with Crippen molar-refractivity contribution in [3.05, 3.63) is 29.3 Å². The second kappa shape index (κ2) is 5.71. The van der Waals surface area contributed by atoms with E-state index in [2.05, 4.69) is 17.9 Å². The smallest absolute Gasteiger partial charge is 0.238 e. The van der Waals surface area contributed by atoms with Gasteiger partial charge >= 0.3 is 0 Å². The third-order valence-electron chi connectivity index (χ3n) is 5.02. The lowest BCUT2D eigenvalue weighted by Gasteiger charge is -2.19. The molecule has 2 atom stereocenters. The van der Waals surface area contributed by atoms with Gasteiger partial charge in [-0.3, -0.25) is 0 Å². The summed E-state index contributed by atoms with van der Waals surface area (Å²) < 4.78 is 23.5. The number of sulfonamides is 1. The Bertz CT molecular complexity index is 627. The molecule has 1 heterocycles. The molecule has 116 valence electrons. The van der Waals surface area contributed by atoms with E-state index < -0.39 is 10.0 Å². The molecule has 1 aliphatic carbocycles. The lowest BCUT2D eigenvalue weighted by Crippen LogP contribution is -2.25. The van der Waals surface area contributed by atoms with Gasteiger partial charge in [0.25, 0.3) is 0 Å². The van der Waals surface area contributed by atoms with Crippen LogP contribution in [-0.4, -0.2) is 33.0 Å². The third-order valence-corrected chi connectivity index (χ3v) is 6.02. The van der Waals surface area contributed by atoms with E-state index in [1.165, 1.54) is 18.5 Å². The van der Waals surface area contributed by atoms with Crippen LogP contribution in [0.2, 0.25) is 0 Å². The molecule has 0 spiro atoms. The van der Waals surface area contributed by atoms with E-state index in [-0.39, 0.29) is 0 Å². The van der Waals surface area contributed by atoms with Gasteiger partial charge < -0.3 is 4.90 Å². The lowest BCUT2D eigenvalue weighted by molar-refractivity contribution is 0.280. The summed E-state index contributed by atoms with van der Waals surface area (Å²) in [5.41, 5.74) is 2.21. The Morgan fingerprint density at radius 1 is 1.29 bits per heavy atom. The van der Waals surface area contributed by atoms with Crippen molar-refractivity contribution in [2.45, 2.75) is 43.4 Å². The van der Waals surface area contributed by atoms with Gasteiger partial charge in [0, 0.05) is 0 Å². The highest BCUT2D eigenvalue weighted by Gasteiger charge is 2.36. The fourth-order valence-corrected chi connectivity index (χ4v) is 4.90. The van der Waals surface area contributed by atoms with E-state index in [0.29, 0.717) is 16.7 Å². The predicted octanol–water partition coefficient (Wildman–Crippen LogP) is 2.10. The molecule has 2 N–H and O–H groups in total. The highest BCUT2D eigenvalue weighted by molar-refractivity contribution is 7.89. The van der Waals surface area contributed by atoms with Gasteiger partial charge in [-0.05, 0) is 74.3 Å². The van der Waals surface area contributed by atoms with Gasteiger partial charge in [-0.25, -0.2) is 13.6 Å². The van der Waals surface area contributed by atoms with E-state index in [1.807, 2.05) is 6.07 Å². The number of likely N-dealkylation sites (tertiary alicyclic amines) is 1. The van der Waals surface area contributed by atoms with Crippen molar-refractivity contribution < 1.29 is 8.42 Å². The largest absolute Gasteiger partial charge is 0.303 e. The van der Waals surface area contributed by atoms with Crippen molar-refractivity contribution in [1.29, 1.82) is 0 Å². The summed E-state index contributed by atoms with van der Waals surface area (Å²) in [6.07, 6.45) is 4.35. The molecule has 1 aliphatic heterocycles. The summed E-state index contributed by atoms with van der Waals surface area (Å²) >= 11 is 0. The first-order valence-corrected chi connectivity index (χ1v) is 9.42. The van der Waals surface area contributed by atoms with E-state index >= 15 is 0 Å². The number of nitrogens with zero attached hydrogens (tertiary/aromatic N) is 1. The molecule has 5 heteroatoms. The van der Waals surface area contributed by atoms with Gasteiger partial charge in [-0.1, -0.05) is 19.1 Å². The molecule has 21 heavy (non-hydrogen) atoms. The SMILES string of the molecule is CCCN1CC[C@H]2Cc3c(cccc3S(N)(=O)=O)[C@@H]2CC1. The highest BCUT2D eigenvalue weighted by atomic mass is 32.2. The molecule has 2 aliphatic rings. The van der Waals surface area contributed by atoms with E-state index in [9.17, 15) is 8.42 Å². The normalized spacial score (nSPS) is 26.2. The second-order valence-electron chi connectivity index (χ2n) is 6.36. The maximum Gasteiger partial charge on any atom is 0.238 e. The number of rotatable bonds is 3. The Morgan fingerprint density at radius 2 is 2.05 bits per heavy atom. The Hall–Kier alpha value is -0.910. The first-order chi connectivity index (χ1) is 10.0. The van der Waals surface area contributed by atoms with Crippen LogP contribution < -0.4 is 5.14 Å². The maximum atomic E-state index is 11.8. The lowest BCUT2D eigenvalue weighted by atomic mass is 9.88. The second-order valence-corrected chi connectivity index (χ2v) is 7.89. The molecule has 0 saturated carbocycles. The van der Waals surface area contributed by atoms with E-state index in [0.717, 1.165) is 37.9 Å². The first kappa shape index (κ1) is 15.0. The van der Waals surface area contributed by atoms with Crippen LogP contribution in [0.4, 0.5) is 0 Å². The van der Waals surface area contributed by atoms with Crippen LogP contribution in [-0.2, 0) is 16.4 Å². The standard InChI is InChI=1S/C16H24N2O2S/c1-2-8-18-9-6-12-11-15-14(13(12)7-10-18)4-3-5-16(15)21(17,19)20/h3-5,12-13H,2,6-11H2,1H3,(H2,17,19,20)/t12-,13+/m0/s1. The molecule has 1 aromatic carbocycles. The van der Waals surface area contributed by atoms with Crippen LogP contribution in [0.5, 0.6) is 0 Å². The molecule has 0 bridgehead atoms. The summed E-state index contributed by atoms with van der Waals surface area (Å²) in [6.45, 7) is 5.64. The van der Waals surface area contributed by atoms with Gasteiger partial charge in [0.15, 0.2) is 0 Å². The van der Waals surface area contributed by atoms with E-state index in [1.54, 1.807) is 6.07 Å². The summed E-state index contributed by atoms with van der Waals surface area (Å²) in [5.74, 6) is 1.08. The van der Waals surface area contributed by atoms with Crippen LogP contribution >= 0.6 is 0 Å². The minimum atomic E-state index is -3.61. The molecule has 0 aromatic heterocycles. The van der Waals surface area contributed by atoms with Crippen molar-refractivity contribution in [1.82, 2.24) is 4.90 Å². The number of fused-ring (bicyclic) bond motifs is 3. The maximum absolute atomic E-state index is 11.8. The fourth-order valence-electron chi connectivity index (χ4n) is 4.09. The number of hydrogen-bond acceptors (Lipinski definition) is 3. The van der Waals surface area contributed by atoms with Crippen LogP contribution in [0.1, 0.15) is 43.2 Å². The first-order valence-electron chi connectivity index (χ1n) is 7.87. The highest BCUT2D eigenvalue weighted by Crippen LogP contribution is 2.45. The minimum absolute atomic E-state index is 0.346. The van der Waals surface area contributed by atoms with Gasteiger partial charge in [-0.15, -0.1) is 0 Å². The van der Waals surface area contributed by atoms with Gasteiger partial charge in [-0.2, -0.15) is 0 Å². The van der Waals surface area contributed by atoms with Crippen molar-refractivity contribution in [3.8, 4) is 0 Å². The van der Waals surface area contributed by atoms with Gasteiger partial charge in [0.1, 0.15) is 0 Å². The Labute approximate surface area is 127 Å². The zero-order valence-corrected chi connectivity index (χ0v) is 13.4. The molecule has 0 unspecified atom stereocenters. The zero-order valence-electron chi connectivity index (χ0n) is 12.6. The quantitative estimate of drug-likeness (QED) is 0.930. The molecule has 1 saturated heterocycles. The summed E-state index contributed by atoms with van der Waals surface area (Å²) in [7, 11) is -3.61. The Kier molecular flexibility index (Phi) is 4.08. The Balaban J connectivity index is 1.90. The van der Waals surface area contributed by atoms with Crippen LogP contribution in [0, 0.1) is 5.92 Å². The summed E-state index contributed by atoms with van der Waals surface area (Å²) in [5, 5.41) is 5.38. The fraction of sp³-hybridized carbons (Fsp3) is 0.625. The predicted molar refractivity (Wildman–Crippen MR) is 83.7 cm³/mol. The average molecular weight is 308 g/mol. The molecule has 1 aromatic rings. The van der Waals surface area contributed by atoms with Crippen LogP contribution in [0.25, 0.3) is 0 Å². The monoisotopic (exact) mass is 308 g/mol. The summed E-state index contributed by atoms with van der Waals surface area (Å²) in [4.78, 5) is 2.89. The van der Waals surface area contributed by atoms with Gasteiger partial charge in [0.2, 0.25) is 10.0 Å². The van der Waals surface area contributed by atoms with Crippen molar-refractivity contribution >= 4 is 10.0 Å². The molecular formula is C16H24N2O2S. The average Bonchev–Trinajstić information content (AvgIpc) is 2.66. The molecule has 0 radical (unpaired) electrons. The minimum Gasteiger partial charge on any atom is -0.303 e. The number of benzene rings is 1. The van der Waals surface area contributed by atoms with Crippen LogP contribution in [0.15, 0.2) is 23.1 Å². The van der Waals surface area contributed by atoms with Gasteiger partial charge in [0.05, 0.1) is 4.90 Å². The van der Waals surface area contributed by atoms with Crippen molar-refractivity contribution in [3.63, 3.8) is 0 Å².